The van der Waals surface area contributed by atoms with Crippen molar-refractivity contribution < 1.29 is 4.79 Å². The minimum absolute atomic E-state index is 0.277. The van der Waals surface area contributed by atoms with Gasteiger partial charge in [0.25, 0.3) is 0 Å². The number of nitrogens with zero attached hydrogens (tertiary/aromatic N) is 4. The summed E-state index contributed by atoms with van der Waals surface area (Å²) in [5.74, 6) is 0. The number of rotatable bonds is 2. The summed E-state index contributed by atoms with van der Waals surface area (Å²) < 4.78 is 0. The van der Waals surface area contributed by atoms with Gasteiger partial charge in [-0.05, 0) is 11.6 Å². The van der Waals surface area contributed by atoms with E-state index < -0.39 is 0 Å². The second kappa shape index (κ2) is 3.12. The minimum atomic E-state index is 0.277. The molecule has 6 nitrogen and oxygen atoms in total. The van der Waals surface area contributed by atoms with Crippen LogP contribution in [0.25, 0.3) is 11.2 Å². The van der Waals surface area contributed by atoms with Gasteiger partial charge < -0.3 is 0 Å². The highest BCUT2D eigenvalue weighted by Gasteiger charge is 1.99. The maximum Gasteiger partial charge on any atom is 0.235 e. The molecule has 0 spiro atoms. The van der Waals surface area contributed by atoms with Crippen LogP contribution in [0.15, 0.2) is 17.3 Å². The Kier molecular flexibility index (Phi) is 1.82. The average Bonchev–Trinajstić information content (AvgIpc) is 2.61. The Morgan fingerprint density at radius 3 is 3.31 bits per heavy atom. The Morgan fingerprint density at radius 2 is 2.46 bits per heavy atom. The Hall–Kier alpha value is -2.07. The van der Waals surface area contributed by atoms with Gasteiger partial charge in [0.15, 0.2) is 0 Å². The van der Waals surface area contributed by atoms with E-state index >= 15 is 0 Å². The third-order valence-corrected chi connectivity index (χ3v) is 1.56. The summed E-state index contributed by atoms with van der Waals surface area (Å²) >= 11 is 0. The summed E-state index contributed by atoms with van der Waals surface area (Å²) in [5.41, 5.74) is 2.03. The number of carbonyl (C=O) groups excluding carboxylic acids is 1. The molecule has 0 bridgehead atoms. The van der Waals surface area contributed by atoms with E-state index in [1.54, 1.807) is 12.3 Å². The summed E-state index contributed by atoms with van der Waals surface area (Å²) in [5, 5.41) is 10.1. The van der Waals surface area contributed by atoms with Crippen LogP contribution in [0.2, 0.25) is 0 Å². The number of fused-ring (bicyclic) bond motifs is 1. The lowest BCUT2D eigenvalue weighted by molar-refractivity contribution is 0.563. The molecule has 2 aromatic heterocycles. The van der Waals surface area contributed by atoms with Crippen molar-refractivity contribution >= 4 is 17.2 Å². The summed E-state index contributed by atoms with van der Waals surface area (Å²) in [6.07, 6.45) is 3.06. The van der Waals surface area contributed by atoms with Crippen molar-refractivity contribution in [1.82, 2.24) is 20.4 Å². The number of pyridine rings is 1. The van der Waals surface area contributed by atoms with E-state index in [1.807, 2.05) is 0 Å². The molecule has 0 saturated carbocycles. The average molecular weight is 175 g/mol. The van der Waals surface area contributed by atoms with Crippen molar-refractivity contribution in [2.45, 2.75) is 6.54 Å². The van der Waals surface area contributed by atoms with Crippen LogP contribution in [0, 0.1) is 0 Å². The van der Waals surface area contributed by atoms with Crippen LogP contribution in [0.3, 0.4) is 0 Å². The Morgan fingerprint density at radius 1 is 1.54 bits per heavy atom. The first-order valence-corrected chi connectivity index (χ1v) is 3.59. The molecule has 0 aromatic carbocycles. The Bertz CT molecular complexity index is 470. The molecule has 0 aliphatic carbocycles. The molecule has 0 aliphatic heterocycles. The zero-order valence-electron chi connectivity index (χ0n) is 6.56. The number of H-pyrrole nitrogens is 1. The maximum absolute atomic E-state index is 9.85. The maximum atomic E-state index is 9.85. The minimum Gasteiger partial charge on any atom is -0.233 e. The van der Waals surface area contributed by atoms with E-state index in [1.165, 1.54) is 6.08 Å². The molecule has 6 heteroatoms. The van der Waals surface area contributed by atoms with Crippen molar-refractivity contribution in [3.8, 4) is 0 Å². The number of hydrogen-bond donors (Lipinski definition) is 1. The molecular weight excluding hydrogens is 170 g/mol. The van der Waals surface area contributed by atoms with Crippen LogP contribution in [0.5, 0.6) is 0 Å². The van der Waals surface area contributed by atoms with Crippen molar-refractivity contribution in [3.05, 3.63) is 17.8 Å². The second-order valence-electron chi connectivity index (χ2n) is 2.42. The number of hydrogen-bond acceptors (Lipinski definition) is 5. The summed E-state index contributed by atoms with van der Waals surface area (Å²) in [6.45, 7) is 0.277. The summed E-state index contributed by atoms with van der Waals surface area (Å²) in [7, 11) is 0. The highest BCUT2D eigenvalue weighted by atomic mass is 16.1. The lowest BCUT2D eigenvalue weighted by Gasteiger charge is -1.91. The zero-order valence-corrected chi connectivity index (χ0v) is 6.56. The van der Waals surface area contributed by atoms with E-state index in [-0.39, 0.29) is 6.54 Å². The van der Waals surface area contributed by atoms with Crippen LogP contribution in [0.1, 0.15) is 5.56 Å². The first-order valence-electron chi connectivity index (χ1n) is 3.59. The van der Waals surface area contributed by atoms with Crippen LogP contribution < -0.4 is 0 Å². The predicted octanol–water partition coefficient (Wildman–Crippen LogP) is 0.189. The zero-order chi connectivity index (χ0) is 9.10. The van der Waals surface area contributed by atoms with Crippen molar-refractivity contribution in [2.75, 3.05) is 0 Å². The number of aromatic amines is 1. The number of nitrogens with one attached hydrogen (secondary N) is 1. The summed E-state index contributed by atoms with van der Waals surface area (Å²) in [6, 6.07) is 1.77. The molecular formula is C7H5N5O. The molecule has 1 N–H and O–H groups in total. The van der Waals surface area contributed by atoms with Gasteiger partial charge in [0, 0.05) is 6.20 Å². The smallest absolute Gasteiger partial charge is 0.233 e. The molecule has 0 radical (unpaired) electrons. The van der Waals surface area contributed by atoms with E-state index in [2.05, 4.69) is 25.4 Å². The molecule has 2 rings (SSSR count). The van der Waals surface area contributed by atoms with Gasteiger partial charge in [0.05, 0.1) is 6.54 Å². The summed E-state index contributed by atoms with van der Waals surface area (Å²) in [4.78, 5) is 17.3. The second-order valence-corrected chi connectivity index (χ2v) is 2.42. The number of aliphatic imine (C=N–C) groups is 1. The molecule has 0 amide bonds. The monoisotopic (exact) mass is 175 g/mol. The SMILES string of the molecule is O=C=NCc1cnc2n[nH]nc2c1. The first kappa shape index (κ1) is 7.57. The fourth-order valence-electron chi connectivity index (χ4n) is 0.992. The van der Waals surface area contributed by atoms with Gasteiger partial charge in [-0.1, -0.05) is 0 Å². The Labute approximate surface area is 72.7 Å². The quantitative estimate of drug-likeness (QED) is 0.521. The van der Waals surface area contributed by atoms with Crippen molar-refractivity contribution in [3.63, 3.8) is 0 Å². The fraction of sp³-hybridized carbons (Fsp3) is 0.143. The third-order valence-electron chi connectivity index (χ3n) is 1.56. The van der Waals surface area contributed by atoms with E-state index in [0.29, 0.717) is 11.2 Å². The van der Waals surface area contributed by atoms with E-state index in [9.17, 15) is 4.79 Å². The van der Waals surface area contributed by atoms with E-state index in [4.69, 9.17) is 0 Å². The molecule has 2 aromatic rings. The Balaban J connectivity index is 2.42. The highest BCUT2D eigenvalue weighted by Crippen LogP contribution is 2.07. The van der Waals surface area contributed by atoms with Crippen LogP contribution in [-0.4, -0.2) is 26.5 Å². The predicted molar refractivity (Wildman–Crippen MR) is 43.5 cm³/mol. The molecule has 0 atom stereocenters. The molecule has 0 unspecified atom stereocenters. The van der Waals surface area contributed by atoms with Crippen molar-refractivity contribution in [1.29, 1.82) is 0 Å². The van der Waals surface area contributed by atoms with Crippen LogP contribution in [-0.2, 0) is 11.3 Å². The topological polar surface area (TPSA) is 83.9 Å². The lowest BCUT2D eigenvalue weighted by atomic mass is 10.3. The lowest BCUT2D eigenvalue weighted by Crippen LogP contribution is -1.84. The normalized spacial score (nSPS) is 9.85. The fourth-order valence-corrected chi connectivity index (χ4v) is 0.992. The van der Waals surface area contributed by atoms with Gasteiger partial charge in [-0.2, -0.15) is 10.3 Å². The molecule has 0 aliphatic rings. The van der Waals surface area contributed by atoms with Gasteiger partial charge in [-0.25, -0.2) is 14.8 Å². The highest BCUT2D eigenvalue weighted by molar-refractivity contribution is 5.68. The van der Waals surface area contributed by atoms with Crippen LogP contribution in [0.4, 0.5) is 0 Å². The largest absolute Gasteiger partial charge is 0.235 e. The number of aromatic nitrogens is 4. The van der Waals surface area contributed by atoms with Crippen molar-refractivity contribution in [2.24, 2.45) is 4.99 Å². The third kappa shape index (κ3) is 1.43. The molecule has 0 saturated heterocycles. The molecule has 64 valence electrons. The molecule has 13 heavy (non-hydrogen) atoms. The van der Waals surface area contributed by atoms with Gasteiger partial charge in [0.2, 0.25) is 11.7 Å². The van der Waals surface area contributed by atoms with E-state index in [0.717, 1.165) is 5.56 Å². The standard InChI is InChI=1S/C7H5N5O/c13-4-8-2-5-1-6-7(9-3-5)11-12-10-6/h1,3H,2H2,(H,9,10,11,12). The molecule has 2 heterocycles. The van der Waals surface area contributed by atoms with Crippen LogP contribution >= 0.6 is 0 Å². The number of isocyanates is 1. The molecule has 0 fully saturated rings. The first-order chi connectivity index (χ1) is 6.40. The van der Waals surface area contributed by atoms with Gasteiger partial charge >= 0.3 is 0 Å². The van der Waals surface area contributed by atoms with Gasteiger partial charge in [0.1, 0.15) is 5.52 Å². The van der Waals surface area contributed by atoms with Gasteiger partial charge in [-0.3, -0.25) is 0 Å². The van der Waals surface area contributed by atoms with Gasteiger partial charge in [-0.15, -0.1) is 5.10 Å².